The maximum absolute atomic E-state index is 6.27. The van der Waals surface area contributed by atoms with Gasteiger partial charge in [-0.1, -0.05) is 87.1 Å². The molecule has 0 aliphatic heterocycles. The van der Waals surface area contributed by atoms with Crippen LogP contribution in [-0.2, 0) is 35.5 Å². The van der Waals surface area contributed by atoms with Crippen molar-refractivity contribution in [2.24, 2.45) is 0 Å². The minimum Gasteiger partial charge on any atom is -0.377 e. The maximum atomic E-state index is 6.27. The summed E-state index contributed by atoms with van der Waals surface area (Å²) in [6, 6.07) is 17.5. The Morgan fingerprint density at radius 3 is 1.20 bits per heavy atom. The van der Waals surface area contributed by atoms with E-state index in [-0.39, 0.29) is 0 Å². The van der Waals surface area contributed by atoms with Gasteiger partial charge in [-0.3, -0.25) is 19.9 Å². The molecule has 0 unspecified atom stereocenters. The number of hydrogen-bond donors (Lipinski definition) is 0. The lowest BCUT2D eigenvalue weighted by molar-refractivity contribution is 0.117. The highest BCUT2D eigenvalue weighted by Crippen LogP contribution is 2.34. The molecule has 0 atom stereocenters. The van der Waals surface area contributed by atoms with E-state index in [4.69, 9.17) is 9.47 Å². The third kappa shape index (κ3) is 9.63. The second-order valence-corrected chi connectivity index (χ2v) is 11.6. The number of benzene rings is 3. The molecule has 0 amide bonds. The van der Waals surface area contributed by atoms with Crippen molar-refractivity contribution in [3.05, 3.63) is 108 Å². The lowest BCUT2D eigenvalue weighted by Crippen LogP contribution is -2.02. The standard InChI is InChI=1S/C38H46N4O2/c1(3-7-15-31-27-39-21-23-41-31)5-13-25-43-29-37-33-17-9-11-19-35(33)38(36-20-12-10-18-34(36)37)30-44-26-14-6-2-4-8-16-32-28-40-22-24-42-32/h9-12,17-24,27-28H,1-8,13-16,25-26,29-30H2. The van der Waals surface area contributed by atoms with Crippen molar-refractivity contribution in [1.82, 2.24) is 19.9 Å². The molecule has 0 spiro atoms. The normalized spacial score (nSPS) is 11.5. The van der Waals surface area contributed by atoms with Crippen LogP contribution in [0.25, 0.3) is 21.5 Å². The molecule has 44 heavy (non-hydrogen) atoms. The van der Waals surface area contributed by atoms with Gasteiger partial charge >= 0.3 is 0 Å². The van der Waals surface area contributed by atoms with Gasteiger partial charge in [0, 0.05) is 50.4 Å². The first-order valence-corrected chi connectivity index (χ1v) is 16.5. The number of aromatic nitrogens is 4. The second-order valence-electron chi connectivity index (χ2n) is 11.6. The minimum atomic E-state index is 0.631. The molecule has 0 fully saturated rings. The first kappa shape index (κ1) is 31.7. The second kappa shape index (κ2) is 18.2. The zero-order valence-electron chi connectivity index (χ0n) is 26.0. The van der Waals surface area contributed by atoms with Crippen molar-refractivity contribution in [2.45, 2.75) is 90.3 Å². The summed E-state index contributed by atoms with van der Waals surface area (Å²) >= 11 is 0. The zero-order valence-corrected chi connectivity index (χ0v) is 26.0. The van der Waals surface area contributed by atoms with Gasteiger partial charge in [-0.2, -0.15) is 0 Å². The highest BCUT2D eigenvalue weighted by atomic mass is 16.5. The third-order valence-corrected chi connectivity index (χ3v) is 8.32. The largest absolute Gasteiger partial charge is 0.377 e. The Hall–Kier alpha value is -3.74. The van der Waals surface area contributed by atoms with Crippen LogP contribution in [-0.4, -0.2) is 33.1 Å². The highest BCUT2D eigenvalue weighted by Gasteiger charge is 2.14. The van der Waals surface area contributed by atoms with E-state index < -0.39 is 0 Å². The van der Waals surface area contributed by atoms with Crippen molar-refractivity contribution in [3.8, 4) is 0 Å². The molecule has 0 saturated carbocycles. The van der Waals surface area contributed by atoms with E-state index in [1.165, 1.54) is 84.0 Å². The molecule has 0 bridgehead atoms. The molecule has 6 heteroatoms. The van der Waals surface area contributed by atoms with Crippen LogP contribution in [0.15, 0.2) is 85.7 Å². The van der Waals surface area contributed by atoms with Crippen molar-refractivity contribution in [3.63, 3.8) is 0 Å². The average Bonchev–Trinajstić information content (AvgIpc) is 3.08. The van der Waals surface area contributed by atoms with E-state index in [0.717, 1.165) is 50.3 Å². The van der Waals surface area contributed by atoms with Crippen molar-refractivity contribution in [1.29, 1.82) is 0 Å². The van der Waals surface area contributed by atoms with Crippen molar-refractivity contribution in [2.75, 3.05) is 13.2 Å². The lowest BCUT2D eigenvalue weighted by atomic mass is 9.92. The summed E-state index contributed by atoms with van der Waals surface area (Å²) in [5.74, 6) is 0. The molecule has 3 aromatic carbocycles. The number of rotatable bonds is 20. The van der Waals surface area contributed by atoms with Gasteiger partial charge in [0.15, 0.2) is 0 Å². The summed E-state index contributed by atoms with van der Waals surface area (Å²) in [6.07, 6.45) is 24.6. The topological polar surface area (TPSA) is 70.0 Å². The lowest BCUT2D eigenvalue weighted by Gasteiger charge is -2.17. The number of unbranched alkanes of at least 4 members (excludes halogenated alkanes) is 8. The number of fused-ring (bicyclic) bond motifs is 2. The van der Waals surface area contributed by atoms with Crippen LogP contribution in [0.5, 0.6) is 0 Å². The van der Waals surface area contributed by atoms with Crippen LogP contribution < -0.4 is 0 Å². The van der Waals surface area contributed by atoms with Crippen LogP contribution in [0.1, 0.15) is 86.7 Å². The van der Waals surface area contributed by atoms with Gasteiger partial charge in [-0.15, -0.1) is 0 Å². The number of nitrogens with zero attached hydrogens (tertiary/aromatic N) is 4. The Morgan fingerprint density at radius 1 is 0.432 bits per heavy atom. The quantitative estimate of drug-likeness (QED) is 0.0665. The van der Waals surface area contributed by atoms with Gasteiger partial charge in [0.2, 0.25) is 0 Å². The highest BCUT2D eigenvalue weighted by molar-refractivity contribution is 6.05. The molecule has 0 aliphatic rings. The van der Waals surface area contributed by atoms with Gasteiger partial charge in [-0.05, 0) is 71.2 Å². The van der Waals surface area contributed by atoms with Crippen LogP contribution in [0, 0.1) is 0 Å². The summed E-state index contributed by atoms with van der Waals surface area (Å²) in [6.45, 7) is 2.84. The zero-order chi connectivity index (χ0) is 30.1. The molecular weight excluding hydrogens is 544 g/mol. The van der Waals surface area contributed by atoms with Crippen molar-refractivity contribution >= 4 is 21.5 Å². The van der Waals surface area contributed by atoms with Gasteiger partial charge in [0.1, 0.15) is 0 Å². The Kier molecular flexibility index (Phi) is 13.1. The fourth-order valence-electron chi connectivity index (χ4n) is 5.97. The first-order valence-electron chi connectivity index (χ1n) is 16.5. The molecule has 5 rings (SSSR count). The van der Waals surface area contributed by atoms with Gasteiger partial charge < -0.3 is 9.47 Å². The summed E-state index contributed by atoms with van der Waals surface area (Å²) in [5.41, 5.74) is 4.74. The first-order chi connectivity index (χ1) is 21.9. The number of hydrogen-bond acceptors (Lipinski definition) is 6. The summed E-state index contributed by atoms with van der Waals surface area (Å²) in [5, 5.41) is 5.10. The van der Waals surface area contributed by atoms with Crippen molar-refractivity contribution < 1.29 is 9.47 Å². The Labute approximate surface area is 262 Å². The monoisotopic (exact) mass is 590 g/mol. The SMILES string of the molecule is c1ccc2c(COCCCCCCCc3cnccn3)c3ccccc3c(COCCCCCCCc3cnccn3)c2c1. The fourth-order valence-corrected chi connectivity index (χ4v) is 5.97. The summed E-state index contributed by atoms with van der Waals surface area (Å²) < 4.78 is 12.5. The molecule has 0 radical (unpaired) electrons. The summed E-state index contributed by atoms with van der Waals surface area (Å²) in [4.78, 5) is 17.0. The van der Waals surface area contributed by atoms with E-state index in [1.807, 2.05) is 12.4 Å². The Morgan fingerprint density at radius 2 is 0.818 bits per heavy atom. The van der Waals surface area contributed by atoms with E-state index in [1.54, 1.807) is 24.8 Å². The molecule has 230 valence electrons. The Balaban J connectivity index is 1.06. The van der Waals surface area contributed by atoms with Crippen LogP contribution in [0.3, 0.4) is 0 Å². The van der Waals surface area contributed by atoms with E-state index in [9.17, 15) is 0 Å². The van der Waals surface area contributed by atoms with Gasteiger partial charge in [-0.25, -0.2) is 0 Å². The Bertz CT molecular complexity index is 1360. The van der Waals surface area contributed by atoms with E-state index in [2.05, 4.69) is 68.5 Å². The predicted octanol–water partition coefficient (Wildman–Crippen LogP) is 8.99. The predicted molar refractivity (Wildman–Crippen MR) is 178 cm³/mol. The van der Waals surface area contributed by atoms with Crippen LogP contribution in [0.2, 0.25) is 0 Å². The molecule has 0 saturated heterocycles. The average molecular weight is 591 g/mol. The third-order valence-electron chi connectivity index (χ3n) is 8.32. The van der Waals surface area contributed by atoms with Gasteiger partial charge in [0.25, 0.3) is 0 Å². The van der Waals surface area contributed by atoms with E-state index >= 15 is 0 Å². The molecule has 0 aliphatic carbocycles. The minimum absolute atomic E-state index is 0.631. The smallest absolute Gasteiger partial charge is 0.0728 e. The molecular formula is C38H46N4O2. The van der Waals surface area contributed by atoms with Gasteiger partial charge in [0.05, 0.1) is 24.6 Å². The molecule has 0 N–H and O–H groups in total. The molecule has 2 aromatic heterocycles. The number of aryl methyl sites for hydroxylation is 2. The molecule has 2 heterocycles. The maximum Gasteiger partial charge on any atom is 0.0728 e. The molecule has 6 nitrogen and oxygen atoms in total. The summed E-state index contributed by atoms with van der Waals surface area (Å²) in [7, 11) is 0. The van der Waals surface area contributed by atoms with Crippen LogP contribution >= 0.6 is 0 Å². The number of ether oxygens (including phenoxy) is 2. The molecule has 5 aromatic rings. The van der Waals surface area contributed by atoms with Crippen LogP contribution in [0.4, 0.5) is 0 Å². The fraction of sp³-hybridized carbons (Fsp3) is 0.421. The van der Waals surface area contributed by atoms with E-state index in [0.29, 0.717) is 13.2 Å².